The van der Waals surface area contributed by atoms with Gasteiger partial charge in [0.1, 0.15) is 17.4 Å². The van der Waals surface area contributed by atoms with Crippen LogP contribution in [0.1, 0.15) is 41.7 Å². The van der Waals surface area contributed by atoms with E-state index in [9.17, 15) is 4.39 Å². The fraction of sp³-hybridized carbons (Fsp3) is 0.360. The third kappa shape index (κ3) is 3.93. The van der Waals surface area contributed by atoms with Crippen molar-refractivity contribution in [2.45, 2.75) is 45.6 Å². The average molecular weight is 454 g/mol. The second-order valence-electron chi connectivity index (χ2n) is 8.39. The molecule has 0 saturated carbocycles. The van der Waals surface area contributed by atoms with E-state index < -0.39 is 0 Å². The van der Waals surface area contributed by atoms with Gasteiger partial charge in [-0.05, 0) is 68.5 Å². The molecule has 0 amide bonds. The second kappa shape index (κ2) is 8.68. The van der Waals surface area contributed by atoms with Gasteiger partial charge in [0.05, 0.1) is 21.7 Å². The van der Waals surface area contributed by atoms with E-state index in [2.05, 4.69) is 27.9 Å². The molecule has 1 aliphatic heterocycles. The largest absolute Gasteiger partial charge is 0.381 e. The van der Waals surface area contributed by atoms with Crippen LogP contribution in [-0.2, 0) is 17.6 Å². The number of fused-ring (bicyclic) bond motifs is 1. The molecule has 5 rings (SSSR count). The number of aryl methyl sites for hydroxylation is 4. The van der Waals surface area contributed by atoms with Crippen molar-refractivity contribution in [3.05, 3.63) is 70.1 Å². The zero-order valence-electron chi connectivity index (χ0n) is 18.2. The lowest BCUT2D eigenvalue weighted by Gasteiger charge is -2.26. The molecule has 2 aromatic heterocycles. The third-order valence-electron chi connectivity index (χ3n) is 6.26. The Morgan fingerprint density at radius 3 is 2.62 bits per heavy atom. The lowest BCUT2D eigenvalue weighted by molar-refractivity contribution is 0.0699. The molecule has 0 spiro atoms. The molecule has 0 bridgehead atoms. The number of halogens is 2. The van der Waals surface area contributed by atoms with Crippen LogP contribution >= 0.6 is 11.6 Å². The lowest BCUT2D eigenvalue weighted by atomic mass is 10.0. The Hall–Kier alpha value is -2.70. The normalized spacial score (nSPS) is 15.0. The van der Waals surface area contributed by atoms with E-state index in [0.29, 0.717) is 18.9 Å². The standard InChI is InChI=1S/C25H25ClFN3O2/c1-15-25(16(2)32-29-15)18-5-7-23-22(14-18)28-24(30(23)19-9-11-31-12-10-19)8-4-17-3-6-20(26)21(27)13-17/h3,5-7,13-14,19H,4,8-12H2,1-2H3. The van der Waals surface area contributed by atoms with Crippen molar-refractivity contribution >= 4 is 22.6 Å². The summed E-state index contributed by atoms with van der Waals surface area (Å²) in [5.74, 6) is 1.43. The number of nitrogens with zero attached hydrogens (tertiary/aromatic N) is 3. The maximum Gasteiger partial charge on any atom is 0.142 e. The predicted molar refractivity (Wildman–Crippen MR) is 123 cm³/mol. The average Bonchev–Trinajstić information content (AvgIpc) is 3.33. The van der Waals surface area contributed by atoms with Gasteiger partial charge in [-0.2, -0.15) is 0 Å². The molecule has 3 heterocycles. The molecule has 0 atom stereocenters. The van der Waals surface area contributed by atoms with E-state index in [1.165, 1.54) is 6.07 Å². The van der Waals surface area contributed by atoms with Gasteiger partial charge in [-0.15, -0.1) is 0 Å². The molecule has 2 aromatic carbocycles. The molecular weight excluding hydrogens is 429 g/mol. The van der Waals surface area contributed by atoms with Gasteiger partial charge >= 0.3 is 0 Å². The van der Waals surface area contributed by atoms with Gasteiger partial charge in [0.2, 0.25) is 0 Å². The Kier molecular flexibility index (Phi) is 5.74. The van der Waals surface area contributed by atoms with Crippen molar-refractivity contribution in [1.29, 1.82) is 0 Å². The van der Waals surface area contributed by atoms with E-state index >= 15 is 0 Å². The number of imidazole rings is 1. The first-order valence-electron chi connectivity index (χ1n) is 11.0. The Labute approximate surface area is 191 Å². The van der Waals surface area contributed by atoms with Gasteiger partial charge in [0, 0.05) is 31.2 Å². The van der Waals surface area contributed by atoms with Crippen LogP contribution in [0.4, 0.5) is 4.39 Å². The first kappa shape index (κ1) is 21.2. The molecule has 0 radical (unpaired) electrons. The van der Waals surface area contributed by atoms with Crippen LogP contribution in [0.3, 0.4) is 0 Å². The van der Waals surface area contributed by atoms with Crippen LogP contribution < -0.4 is 0 Å². The summed E-state index contributed by atoms with van der Waals surface area (Å²) in [7, 11) is 0. The molecule has 1 fully saturated rings. The van der Waals surface area contributed by atoms with Crippen LogP contribution in [0.25, 0.3) is 22.2 Å². The first-order valence-corrected chi connectivity index (χ1v) is 11.3. The highest BCUT2D eigenvalue weighted by atomic mass is 35.5. The van der Waals surface area contributed by atoms with Crippen molar-refractivity contribution in [3.63, 3.8) is 0 Å². The summed E-state index contributed by atoms with van der Waals surface area (Å²) in [6.07, 6.45) is 3.32. The quantitative estimate of drug-likeness (QED) is 0.359. The number of hydrogen-bond donors (Lipinski definition) is 0. The summed E-state index contributed by atoms with van der Waals surface area (Å²) in [6, 6.07) is 11.7. The SMILES string of the molecule is Cc1noc(C)c1-c1ccc2c(c1)nc(CCc1ccc(Cl)c(F)c1)n2C1CCOCC1. The van der Waals surface area contributed by atoms with E-state index in [4.69, 9.17) is 25.8 Å². The fourth-order valence-corrected chi connectivity index (χ4v) is 4.80. The number of benzene rings is 2. The molecule has 0 unspecified atom stereocenters. The van der Waals surface area contributed by atoms with E-state index in [-0.39, 0.29) is 10.8 Å². The summed E-state index contributed by atoms with van der Waals surface area (Å²) >= 11 is 5.84. The van der Waals surface area contributed by atoms with Gasteiger partial charge in [-0.25, -0.2) is 9.37 Å². The molecule has 0 N–H and O–H groups in total. The molecule has 4 aromatic rings. The zero-order chi connectivity index (χ0) is 22.2. The Morgan fingerprint density at radius 1 is 1.09 bits per heavy atom. The monoisotopic (exact) mass is 453 g/mol. The van der Waals surface area contributed by atoms with Crippen LogP contribution in [0, 0.1) is 19.7 Å². The maximum atomic E-state index is 13.9. The first-order chi connectivity index (χ1) is 15.5. The van der Waals surface area contributed by atoms with Gasteiger partial charge < -0.3 is 13.8 Å². The van der Waals surface area contributed by atoms with Crippen molar-refractivity contribution in [1.82, 2.24) is 14.7 Å². The van der Waals surface area contributed by atoms with Crippen LogP contribution in [-0.4, -0.2) is 27.9 Å². The van der Waals surface area contributed by atoms with Gasteiger partial charge in [-0.3, -0.25) is 0 Å². The van der Waals surface area contributed by atoms with E-state index in [1.807, 2.05) is 19.9 Å². The van der Waals surface area contributed by atoms with E-state index in [1.54, 1.807) is 6.07 Å². The van der Waals surface area contributed by atoms with Crippen LogP contribution in [0.2, 0.25) is 5.02 Å². The molecule has 32 heavy (non-hydrogen) atoms. The molecule has 5 nitrogen and oxygen atoms in total. The fourth-order valence-electron chi connectivity index (χ4n) is 4.68. The van der Waals surface area contributed by atoms with Gasteiger partial charge in [-0.1, -0.05) is 28.9 Å². The van der Waals surface area contributed by atoms with Gasteiger partial charge in [0.15, 0.2) is 0 Å². The minimum absolute atomic E-state index is 0.148. The highest BCUT2D eigenvalue weighted by Gasteiger charge is 2.23. The summed E-state index contributed by atoms with van der Waals surface area (Å²) in [5, 5.41) is 4.24. The molecule has 1 aliphatic rings. The Bertz CT molecular complexity index is 1250. The number of hydrogen-bond acceptors (Lipinski definition) is 4. The lowest BCUT2D eigenvalue weighted by Crippen LogP contribution is -2.21. The Morgan fingerprint density at radius 2 is 1.91 bits per heavy atom. The topological polar surface area (TPSA) is 53.1 Å². The summed E-state index contributed by atoms with van der Waals surface area (Å²) in [5.41, 5.74) is 5.92. The Balaban J connectivity index is 1.54. The number of aromatic nitrogens is 3. The van der Waals surface area contributed by atoms with Crippen molar-refractivity contribution < 1.29 is 13.7 Å². The van der Waals surface area contributed by atoms with Crippen LogP contribution in [0.15, 0.2) is 40.9 Å². The van der Waals surface area contributed by atoms with Crippen LogP contribution in [0.5, 0.6) is 0 Å². The van der Waals surface area contributed by atoms with Crippen molar-refractivity contribution in [2.75, 3.05) is 13.2 Å². The van der Waals surface area contributed by atoms with E-state index in [0.717, 1.165) is 71.1 Å². The molecule has 0 aliphatic carbocycles. The maximum absolute atomic E-state index is 13.9. The third-order valence-corrected chi connectivity index (χ3v) is 6.57. The van der Waals surface area contributed by atoms with Crippen molar-refractivity contribution in [2.24, 2.45) is 0 Å². The molecule has 166 valence electrons. The zero-order valence-corrected chi connectivity index (χ0v) is 19.0. The second-order valence-corrected chi connectivity index (χ2v) is 8.80. The summed E-state index contributed by atoms with van der Waals surface area (Å²) in [6.45, 7) is 5.39. The molecule has 7 heteroatoms. The summed E-state index contributed by atoms with van der Waals surface area (Å²) in [4.78, 5) is 5.02. The highest BCUT2D eigenvalue weighted by Crippen LogP contribution is 2.33. The smallest absolute Gasteiger partial charge is 0.142 e. The minimum Gasteiger partial charge on any atom is -0.381 e. The molecule has 1 saturated heterocycles. The summed E-state index contributed by atoms with van der Waals surface area (Å²) < 4.78 is 27.2. The minimum atomic E-state index is -0.383. The van der Waals surface area contributed by atoms with Gasteiger partial charge in [0.25, 0.3) is 0 Å². The highest BCUT2D eigenvalue weighted by molar-refractivity contribution is 6.30. The predicted octanol–water partition coefficient (Wildman–Crippen LogP) is 6.24. The van der Waals surface area contributed by atoms with Crippen molar-refractivity contribution in [3.8, 4) is 11.1 Å². The number of rotatable bonds is 5. The molecular formula is C25H25ClFN3O2. The number of ether oxygens (including phenoxy) is 1.